The van der Waals surface area contributed by atoms with E-state index in [0.29, 0.717) is 6.54 Å². The average molecular weight is 298 g/mol. The fraction of sp³-hybridized carbons (Fsp3) is 0.294. The average Bonchev–Trinajstić information content (AvgIpc) is 2.88. The number of nitrogens with zero attached hydrogens (tertiary/aromatic N) is 2. The van der Waals surface area contributed by atoms with Gasteiger partial charge in [-0.2, -0.15) is 0 Å². The van der Waals surface area contributed by atoms with Gasteiger partial charge in [-0.1, -0.05) is 36.8 Å². The first kappa shape index (κ1) is 14.0. The Morgan fingerprint density at radius 2 is 1.90 bits per heavy atom. The lowest BCUT2D eigenvalue weighted by molar-refractivity contribution is 0.713. The second-order valence-electron chi connectivity index (χ2n) is 5.32. The van der Waals surface area contributed by atoms with E-state index in [0.717, 1.165) is 28.0 Å². The van der Waals surface area contributed by atoms with E-state index in [-0.39, 0.29) is 5.56 Å². The van der Waals surface area contributed by atoms with Crippen molar-refractivity contribution in [3.63, 3.8) is 0 Å². The van der Waals surface area contributed by atoms with Crippen molar-refractivity contribution in [3.05, 3.63) is 62.5 Å². The zero-order chi connectivity index (χ0) is 15.0. The summed E-state index contributed by atoms with van der Waals surface area (Å²) in [6, 6.07) is 10.3. The SMILES string of the molecule is CCc1cc2c(=O)n(Cc3ccc(C)cc3)c(C)nc2s1. The number of aromatic nitrogens is 2. The molecule has 0 aliphatic carbocycles. The summed E-state index contributed by atoms with van der Waals surface area (Å²) in [6.07, 6.45) is 0.942. The van der Waals surface area contributed by atoms with Crippen LogP contribution in [0.1, 0.15) is 28.8 Å². The molecule has 0 aliphatic rings. The lowest BCUT2D eigenvalue weighted by atomic mass is 10.1. The smallest absolute Gasteiger partial charge is 0.262 e. The first-order valence-corrected chi connectivity index (χ1v) is 7.95. The Morgan fingerprint density at radius 3 is 2.57 bits per heavy atom. The Kier molecular flexibility index (Phi) is 3.64. The third-order valence-corrected chi connectivity index (χ3v) is 4.88. The van der Waals surface area contributed by atoms with E-state index < -0.39 is 0 Å². The van der Waals surface area contributed by atoms with Crippen LogP contribution in [-0.4, -0.2) is 9.55 Å². The highest BCUT2D eigenvalue weighted by Crippen LogP contribution is 2.22. The van der Waals surface area contributed by atoms with Gasteiger partial charge < -0.3 is 0 Å². The number of hydrogen-bond acceptors (Lipinski definition) is 3. The van der Waals surface area contributed by atoms with Crippen molar-refractivity contribution in [2.24, 2.45) is 0 Å². The molecule has 0 N–H and O–H groups in total. The molecule has 4 heteroatoms. The molecule has 0 fully saturated rings. The molecular weight excluding hydrogens is 280 g/mol. The van der Waals surface area contributed by atoms with Crippen LogP contribution in [0.5, 0.6) is 0 Å². The molecule has 0 aliphatic heterocycles. The standard InChI is InChI=1S/C17H18N2OS/c1-4-14-9-15-16(21-14)18-12(3)19(17(15)20)10-13-7-5-11(2)6-8-13/h5-9H,4,10H2,1-3H3. The van der Waals surface area contributed by atoms with Crippen molar-refractivity contribution in [1.29, 1.82) is 0 Å². The Balaban J connectivity index is 2.09. The lowest BCUT2D eigenvalue weighted by Gasteiger charge is -2.09. The largest absolute Gasteiger partial charge is 0.292 e. The van der Waals surface area contributed by atoms with Gasteiger partial charge in [0.25, 0.3) is 5.56 Å². The monoisotopic (exact) mass is 298 g/mol. The summed E-state index contributed by atoms with van der Waals surface area (Å²) in [5.41, 5.74) is 2.41. The van der Waals surface area contributed by atoms with E-state index >= 15 is 0 Å². The van der Waals surface area contributed by atoms with Gasteiger partial charge in [-0.25, -0.2) is 4.98 Å². The van der Waals surface area contributed by atoms with E-state index in [2.05, 4.69) is 43.1 Å². The summed E-state index contributed by atoms with van der Waals surface area (Å²) in [6.45, 7) is 6.64. The molecule has 3 nitrogen and oxygen atoms in total. The topological polar surface area (TPSA) is 34.9 Å². The zero-order valence-corrected chi connectivity index (χ0v) is 13.3. The first-order chi connectivity index (χ1) is 10.1. The molecule has 0 bridgehead atoms. The number of aryl methyl sites for hydroxylation is 3. The second kappa shape index (κ2) is 5.45. The van der Waals surface area contributed by atoms with Gasteiger partial charge in [-0.3, -0.25) is 9.36 Å². The third-order valence-electron chi connectivity index (χ3n) is 3.70. The van der Waals surface area contributed by atoms with Gasteiger partial charge in [-0.05, 0) is 31.9 Å². The van der Waals surface area contributed by atoms with Gasteiger partial charge in [-0.15, -0.1) is 11.3 Å². The highest BCUT2D eigenvalue weighted by Gasteiger charge is 2.11. The minimum atomic E-state index is 0.0639. The van der Waals surface area contributed by atoms with Crippen LogP contribution in [0.15, 0.2) is 35.1 Å². The molecule has 21 heavy (non-hydrogen) atoms. The Hall–Kier alpha value is -1.94. The normalized spacial score (nSPS) is 11.2. The highest BCUT2D eigenvalue weighted by atomic mass is 32.1. The van der Waals surface area contributed by atoms with Crippen LogP contribution in [0.4, 0.5) is 0 Å². The Morgan fingerprint density at radius 1 is 1.19 bits per heavy atom. The highest BCUT2D eigenvalue weighted by molar-refractivity contribution is 7.18. The van der Waals surface area contributed by atoms with Gasteiger partial charge in [0.05, 0.1) is 11.9 Å². The number of rotatable bonds is 3. The molecule has 0 radical (unpaired) electrons. The summed E-state index contributed by atoms with van der Waals surface area (Å²) < 4.78 is 1.76. The summed E-state index contributed by atoms with van der Waals surface area (Å²) >= 11 is 1.62. The predicted octanol–water partition coefficient (Wildman–Crippen LogP) is 3.69. The molecule has 108 valence electrons. The maximum absolute atomic E-state index is 12.7. The predicted molar refractivity (Wildman–Crippen MR) is 88.3 cm³/mol. The van der Waals surface area contributed by atoms with E-state index in [1.54, 1.807) is 15.9 Å². The van der Waals surface area contributed by atoms with Gasteiger partial charge >= 0.3 is 0 Å². The maximum Gasteiger partial charge on any atom is 0.262 e. The van der Waals surface area contributed by atoms with Crippen molar-refractivity contribution in [3.8, 4) is 0 Å². The van der Waals surface area contributed by atoms with Gasteiger partial charge in [0.2, 0.25) is 0 Å². The van der Waals surface area contributed by atoms with Gasteiger partial charge in [0.1, 0.15) is 10.7 Å². The van der Waals surface area contributed by atoms with Crippen LogP contribution in [0.3, 0.4) is 0 Å². The quantitative estimate of drug-likeness (QED) is 0.739. The first-order valence-electron chi connectivity index (χ1n) is 7.14. The molecule has 3 rings (SSSR count). The molecule has 0 spiro atoms. The fourth-order valence-corrected chi connectivity index (χ4v) is 3.41. The van der Waals surface area contributed by atoms with Crippen LogP contribution >= 0.6 is 11.3 Å². The Bertz CT molecular complexity index is 844. The van der Waals surface area contributed by atoms with Crippen LogP contribution < -0.4 is 5.56 Å². The van der Waals surface area contributed by atoms with Crippen molar-refractivity contribution < 1.29 is 0 Å². The molecule has 0 unspecified atom stereocenters. The van der Waals surface area contributed by atoms with Crippen molar-refractivity contribution in [2.75, 3.05) is 0 Å². The van der Waals surface area contributed by atoms with Crippen LogP contribution in [0.2, 0.25) is 0 Å². The molecule has 0 amide bonds. The van der Waals surface area contributed by atoms with Crippen molar-refractivity contribution in [1.82, 2.24) is 9.55 Å². The molecule has 3 aromatic rings. The molecule has 0 atom stereocenters. The number of benzene rings is 1. The maximum atomic E-state index is 12.7. The van der Waals surface area contributed by atoms with Gasteiger partial charge in [0, 0.05) is 4.88 Å². The summed E-state index contributed by atoms with van der Waals surface area (Å²) in [5.74, 6) is 0.776. The fourth-order valence-electron chi connectivity index (χ4n) is 2.40. The van der Waals surface area contributed by atoms with Crippen LogP contribution in [-0.2, 0) is 13.0 Å². The molecular formula is C17H18N2OS. The molecule has 2 heterocycles. The zero-order valence-electron chi connectivity index (χ0n) is 12.5. The summed E-state index contributed by atoms with van der Waals surface area (Å²) in [5, 5.41) is 0.745. The lowest BCUT2D eigenvalue weighted by Crippen LogP contribution is -2.23. The number of thiophene rings is 1. The minimum absolute atomic E-state index is 0.0639. The van der Waals surface area contributed by atoms with E-state index in [1.807, 2.05) is 13.0 Å². The Labute approximate surface area is 127 Å². The van der Waals surface area contributed by atoms with E-state index in [1.165, 1.54) is 10.4 Å². The molecule has 1 aromatic carbocycles. The molecule has 0 saturated heterocycles. The van der Waals surface area contributed by atoms with Crippen molar-refractivity contribution >= 4 is 21.6 Å². The summed E-state index contributed by atoms with van der Waals surface area (Å²) in [4.78, 5) is 19.3. The third kappa shape index (κ3) is 2.63. The van der Waals surface area contributed by atoms with Crippen molar-refractivity contribution in [2.45, 2.75) is 33.7 Å². The van der Waals surface area contributed by atoms with E-state index in [4.69, 9.17) is 0 Å². The van der Waals surface area contributed by atoms with Crippen LogP contribution in [0.25, 0.3) is 10.2 Å². The molecule has 0 saturated carbocycles. The molecule has 2 aromatic heterocycles. The number of fused-ring (bicyclic) bond motifs is 1. The van der Waals surface area contributed by atoms with E-state index in [9.17, 15) is 4.79 Å². The minimum Gasteiger partial charge on any atom is -0.292 e. The van der Waals surface area contributed by atoms with Gasteiger partial charge in [0.15, 0.2) is 0 Å². The van der Waals surface area contributed by atoms with Crippen LogP contribution in [0, 0.1) is 13.8 Å². The number of hydrogen-bond donors (Lipinski definition) is 0. The summed E-state index contributed by atoms with van der Waals surface area (Å²) in [7, 11) is 0. The second-order valence-corrected chi connectivity index (χ2v) is 6.44.